The number of alkyl halides is 3. The molecule has 0 saturated carbocycles. The number of carbonyl (C=O) groups excluding carboxylic acids is 2. The van der Waals surface area contributed by atoms with Crippen molar-refractivity contribution in [1.29, 1.82) is 0 Å². The van der Waals surface area contributed by atoms with Gasteiger partial charge in [0.15, 0.2) is 6.61 Å². The Bertz CT molecular complexity index is 961. The molecule has 0 saturated heterocycles. The van der Waals surface area contributed by atoms with Crippen LogP contribution in [0.25, 0.3) is 0 Å². The smallest absolute Gasteiger partial charge is 0.424 e. The Morgan fingerprint density at radius 1 is 0.973 bits per heavy atom. The molecule has 0 radical (unpaired) electrons. The lowest BCUT2D eigenvalue weighted by Crippen LogP contribution is -2.44. The topological polar surface area (TPSA) is 128 Å². The second-order valence-electron chi connectivity index (χ2n) is 10.3. The molecule has 0 unspecified atom stereocenters. The van der Waals surface area contributed by atoms with Gasteiger partial charge in [0, 0.05) is 20.1 Å². The van der Waals surface area contributed by atoms with Crippen LogP contribution in [-0.4, -0.2) is 85.2 Å². The Hall–Kier alpha value is -3.36. The molecule has 2 amide bonds. The number of amides is 2. The first-order chi connectivity index (χ1) is 16.6. The maximum absolute atomic E-state index is 13.0. The average Bonchev–Trinajstić information content (AvgIpc) is 2.67. The number of nitro groups is 1. The molecule has 12 nitrogen and oxygen atoms in total. The maximum atomic E-state index is 13.0. The summed E-state index contributed by atoms with van der Waals surface area (Å²) in [5.41, 5.74) is -3.72. The van der Waals surface area contributed by atoms with E-state index in [2.05, 4.69) is 4.98 Å². The zero-order chi connectivity index (χ0) is 28.9. The van der Waals surface area contributed by atoms with E-state index in [0.717, 1.165) is 6.07 Å². The van der Waals surface area contributed by atoms with Gasteiger partial charge < -0.3 is 24.0 Å². The van der Waals surface area contributed by atoms with Crippen LogP contribution in [0.2, 0.25) is 0 Å². The van der Waals surface area contributed by atoms with E-state index >= 15 is 0 Å². The molecule has 0 aliphatic rings. The highest BCUT2D eigenvalue weighted by Crippen LogP contribution is 2.38. The zero-order valence-electron chi connectivity index (χ0n) is 22.4. The summed E-state index contributed by atoms with van der Waals surface area (Å²) in [5.74, 6) is -1.19. The second kappa shape index (κ2) is 11.8. The van der Waals surface area contributed by atoms with Crippen molar-refractivity contribution in [3.05, 3.63) is 16.2 Å². The van der Waals surface area contributed by atoms with Crippen LogP contribution in [0.1, 0.15) is 41.5 Å². The summed E-state index contributed by atoms with van der Waals surface area (Å²) in [5, 5.41) is 11.9. The van der Waals surface area contributed by atoms with E-state index in [1.54, 1.807) is 19.0 Å². The number of halogens is 3. The standard InChI is InChI=1S/C22H34F3N5O7/c1-20(2,3)36-18(31)29(19(32)37-21(4,5)6)15-12-14(30(33)34)16(28(9)11-10-27(7)8)26-17(15)35-13-22(23,24)25/h12H,10-11,13H2,1-9H3. The maximum Gasteiger partial charge on any atom is 0.424 e. The van der Waals surface area contributed by atoms with Crippen LogP contribution in [-0.2, 0) is 9.47 Å². The number of imide groups is 1. The lowest BCUT2D eigenvalue weighted by Gasteiger charge is -2.29. The van der Waals surface area contributed by atoms with E-state index < -0.39 is 58.3 Å². The minimum Gasteiger partial charge on any atom is -0.466 e. The number of hydrogen-bond donors (Lipinski definition) is 0. The molecule has 0 bridgehead atoms. The number of carbonyl (C=O) groups is 2. The molecule has 0 aliphatic heterocycles. The van der Waals surface area contributed by atoms with Crippen molar-refractivity contribution in [2.45, 2.75) is 58.9 Å². The fraction of sp³-hybridized carbons (Fsp3) is 0.682. The number of nitrogens with zero attached hydrogens (tertiary/aromatic N) is 5. The Balaban J connectivity index is 3.86. The number of anilines is 2. The number of likely N-dealkylation sites (N-methyl/N-ethyl adjacent to an activating group) is 2. The van der Waals surface area contributed by atoms with Crippen LogP contribution in [0.5, 0.6) is 5.88 Å². The van der Waals surface area contributed by atoms with Gasteiger partial charge in [0.05, 0.1) is 11.0 Å². The molecule has 210 valence electrons. The van der Waals surface area contributed by atoms with Crippen molar-refractivity contribution < 1.29 is 41.9 Å². The van der Waals surface area contributed by atoms with Crippen molar-refractivity contribution in [2.75, 3.05) is 50.6 Å². The van der Waals surface area contributed by atoms with Gasteiger partial charge in [-0.1, -0.05) is 0 Å². The second-order valence-corrected chi connectivity index (χ2v) is 10.3. The molecule has 15 heteroatoms. The fourth-order valence-electron chi connectivity index (χ4n) is 2.64. The lowest BCUT2D eigenvalue weighted by molar-refractivity contribution is -0.384. The van der Waals surface area contributed by atoms with Crippen LogP contribution < -0.4 is 14.5 Å². The largest absolute Gasteiger partial charge is 0.466 e. The molecular formula is C22H34F3N5O7. The Morgan fingerprint density at radius 3 is 1.84 bits per heavy atom. The van der Waals surface area contributed by atoms with Gasteiger partial charge >= 0.3 is 24.1 Å². The molecule has 1 aromatic heterocycles. The molecule has 0 aromatic carbocycles. The molecule has 1 rings (SSSR count). The van der Waals surface area contributed by atoms with Gasteiger partial charge in [0.2, 0.25) is 11.7 Å². The van der Waals surface area contributed by atoms with Gasteiger partial charge in [0.1, 0.15) is 16.9 Å². The van der Waals surface area contributed by atoms with Crippen LogP contribution in [0.4, 0.5) is 40.0 Å². The Morgan fingerprint density at radius 2 is 1.46 bits per heavy atom. The van der Waals surface area contributed by atoms with Crippen molar-refractivity contribution in [3.63, 3.8) is 0 Å². The predicted molar refractivity (Wildman–Crippen MR) is 129 cm³/mol. The molecule has 0 aliphatic carbocycles. The third kappa shape index (κ3) is 10.7. The van der Waals surface area contributed by atoms with Crippen molar-refractivity contribution >= 4 is 29.4 Å². The lowest BCUT2D eigenvalue weighted by atomic mass is 10.2. The highest BCUT2D eigenvalue weighted by molar-refractivity contribution is 6.10. The summed E-state index contributed by atoms with van der Waals surface area (Å²) in [6, 6.07) is 0.730. The van der Waals surface area contributed by atoms with Crippen LogP contribution in [0, 0.1) is 10.1 Å². The molecule has 37 heavy (non-hydrogen) atoms. The first-order valence-corrected chi connectivity index (χ1v) is 11.1. The molecule has 0 N–H and O–H groups in total. The minimum absolute atomic E-state index is 0.209. The Labute approximate surface area is 213 Å². The molecule has 0 fully saturated rings. The summed E-state index contributed by atoms with van der Waals surface area (Å²) >= 11 is 0. The number of pyridine rings is 1. The quantitative estimate of drug-likeness (QED) is 0.343. The van der Waals surface area contributed by atoms with Crippen molar-refractivity contribution in [1.82, 2.24) is 9.88 Å². The first-order valence-electron chi connectivity index (χ1n) is 11.1. The summed E-state index contributed by atoms with van der Waals surface area (Å²) < 4.78 is 54.4. The van der Waals surface area contributed by atoms with E-state index in [4.69, 9.17) is 14.2 Å². The summed E-state index contributed by atoms with van der Waals surface area (Å²) in [6.45, 7) is 7.73. The van der Waals surface area contributed by atoms with E-state index in [-0.39, 0.29) is 17.3 Å². The Kier molecular flexibility index (Phi) is 10.1. The fourth-order valence-corrected chi connectivity index (χ4v) is 2.64. The van der Waals surface area contributed by atoms with E-state index in [1.807, 2.05) is 0 Å². The summed E-state index contributed by atoms with van der Waals surface area (Å²) in [6.07, 6.45) is -7.53. The van der Waals surface area contributed by atoms with Crippen molar-refractivity contribution in [3.8, 4) is 5.88 Å². The van der Waals surface area contributed by atoms with Gasteiger partial charge in [-0.15, -0.1) is 0 Å². The molecule has 1 heterocycles. The number of ether oxygens (including phenoxy) is 3. The van der Waals surface area contributed by atoms with Gasteiger partial charge in [-0.2, -0.15) is 23.1 Å². The van der Waals surface area contributed by atoms with E-state index in [1.165, 1.54) is 53.5 Å². The van der Waals surface area contributed by atoms with Crippen LogP contribution >= 0.6 is 0 Å². The number of rotatable bonds is 8. The monoisotopic (exact) mass is 537 g/mol. The first kappa shape index (κ1) is 31.7. The third-order valence-electron chi connectivity index (χ3n) is 4.14. The number of hydrogen-bond acceptors (Lipinski definition) is 10. The van der Waals surface area contributed by atoms with E-state index in [0.29, 0.717) is 6.54 Å². The summed E-state index contributed by atoms with van der Waals surface area (Å²) in [4.78, 5) is 44.4. The van der Waals surface area contributed by atoms with E-state index in [9.17, 15) is 32.9 Å². The SMILES string of the molecule is CN(C)CCN(C)c1nc(OCC(F)(F)F)c(N(C(=O)OC(C)(C)C)C(=O)OC(C)(C)C)cc1[N+](=O)[O-]. The highest BCUT2D eigenvalue weighted by Gasteiger charge is 2.39. The average molecular weight is 538 g/mol. The zero-order valence-corrected chi connectivity index (χ0v) is 22.4. The molecule has 0 atom stereocenters. The number of aromatic nitrogens is 1. The van der Waals surface area contributed by atoms with Gasteiger partial charge in [-0.3, -0.25) is 10.1 Å². The van der Waals surface area contributed by atoms with Crippen LogP contribution in [0.3, 0.4) is 0 Å². The molecule has 0 spiro atoms. The normalized spacial score (nSPS) is 12.2. The van der Waals surface area contributed by atoms with Crippen molar-refractivity contribution in [2.24, 2.45) is 0 Å². The summed E-state index contributed by atoms with van der Waals surface area (Å²) in [7, 11) is 4.97. The predicted octanol–water partition coefficient (Wildman–Crippen LogP) is 4.61. The molecule has 1 aromatic rings. The van der Waals surface area contributed by atoms with Crippen LogP contribution in [0.15, 0.2) is 6.07 Å². The van der Waals surface area contributed by atoms with Gasteiger partial charge in [-0.05, 0) is 55.6 Å². The third-order valence-corrected chi connectivity index (χ3v) is 4.14. The minimum atomic E-state index is -4.82. The highest BCUT2D eigenvalue weighted by atomic mass is 19.4. The van der Waals surface area contributed by atoms with Gasteiger partial charge in [0.25, 0.3) is 0 Å². The van der Waals surface area contributed by atoms with Gasteiger partial charge in [-0.25, -0.2) is 9.59 Å². The molecular weight excluding hydrogens is 503 g/mol.